The molecule has 0 radical (unpaired) electrons. The van der Waals surface area contributed by atoms with Gasteiger partial charge < -0.3 is 19.6 Å². The van der Waals surface area contributed by atoms with Gasteiger partial charge in [0.15, 0.2) is 0 Å². The number of rotatable bonds is 12. The highest BCUT2D eigenvalue weighted by Crippen LogP contribution is 2.33. The number of aliphatic hydroxyl groups is 1. The lowest BCUT2D eigenvalue weighted by Gasteiger charge is -2.12. The van der Waals surface area contributed by atoms with E-state index in [1.165, 1.54) is 5.39 Å². The summed E-state index contributed by atoms with van der Waals surface area (Å²) < 4.78 is 11.9. The molecule has 0 aliphatic heterocycles. The number of ether oxygens (including phenoxy) is 2. The molecule has 4 nitrogen and oxygen atoms in total. The summed E-state index contributed by atoms with van der Waals surface area (Å²) in [6.45, 7) is 3.42. The molecule has 0 fully saturated rings. The highest BCUT2D eigenvalue weighted by atomic mass is 16.5. The van der Waals surface area contributed by atoms with Crippen LogP contribution in [-0.4, -0.2) is 29.4 Å². The average molecular weight is 432 g/mol. The Bertz CT molecular complexity index is 1130. The number of hydrogen-bond donors (Lipinski definition) is 2. The van der Waals surface area contributed by atoms with Crippen molar-refractivity contribution in [3.05, 3.63) is 72.3 Å². The molecule has 1 atom stereocenters. The zero-order valence-corrected chi connectivity index (χ0v) is 18.8. The van der Waals surface area contributed by atoms with Gasteiger partial charge in [-0.15, -0.1) is 0 Å². The largest absolute Gasteiger partial charge is 0.493 e. The molecule has 1 heterocycles. The lowest BCUT2D eigenvalue weighted by molar-refractivity contribution is 0.143. The van der Waals surface area contributed by atoms with Gasteiger partial charge in [0.1, 0.15) is 11.5 Å². The zero-order chi connectivity index (χ0) is 22.2. The van der Waals surface area contributed by atoms with Gasteiger partial charge in [-0.1, -0.05) is 42.5 Å². The Kier molecular flexibility index (Phi) is 7.68. The van der Waals surface area contributed by atoms with Gasteiger partial charge in [0.25, 0.3) is 0 Å². The van der Waals surface area contributed by atoms with Crippen LogP contribution in [0.2, 0.25) is 0 Å². The Morgan fingerprint density at radius 1 is 0.719 bits per heavy atom. The van der Waals surface area contributed by atoms with Crippen molar-refractivity contribution in [2.75, 3.05) is 13.2 Å². The molecule has 4 rings (SSSR count). The Morgan fingerprint density at radius 2 is 1.34 bits per heavy atom. The highest BCUT2D eigenvalue weighted by molar-refractivity contribution is 6.10. The minimum Gasteiger partial charge on any atom is -0.493 e. The molecule has 0 bridgehead atoms. The number of nitrogens with one attached hydrogen (secondary N) is 1. The quantitative estimate of drug-likeness (QED) is 0.243. The number of unbranched alkanes of at least 4 members (excludes halogenated alkanes) is 2. The first kappa shape index (κ1) is 22.2. The fourth-order valence-corrected chi connectivity index (χ4v) is 4.18. The highest BCUT2D eigenvalue weighted by Gasteiger charge is 2.09. The van der Waals surface area contributed by atoms with Crippen molar-refractivity contribution in [2.24, 2.45) is 0 Å². The van der Waals surface area contributed by atoms with E-state index in [9.17, 15) is 5.11 Å². The van der Waals surface area contributed by atoms with Gasteiger partial charge in [0.05, 0.1) is 24.8 Å². The summed E-state index contributed by atoms with van der Waals surface area (Å²) in [5.41, 5.74) is 3.40. The van der Waals surface area contributed by atoms with E-state index in [2.05, 4.69) is 42.2 Å². The molecule has 168 valence electrons. The van der Waals surface area contributed by atoms with E-state index >= 15 is 0 Å². The molecular formula is C28H33NO3. The fraction of sp³-hybridized carbons (Fsp3) is 0.357. The summed E-state index contributed by atoms with van der Waals surface area (Å²) in [4.78, 5) is 3.45. The van der Waals surface area contributed by atoms with Crippen LogP contribution in [0.5, 0.6) is 11.5 Å². The van der Waals surface area contributed by atoms with Crippen LogP contribution in [0.4, 0.5) is 0 Å². The van der Waals surface area contributed by atoms with Crippen molar-refractivity contribution < 1.29 is 14.6 Å². The van der Waals surface area contributed by atoms with E-state index in [0.29, 0.717) is 13.2 Å². The second-order valence-electron chi connectivity index (χ2n) is 8.46. The Morgan fingerprint density at radius 3 is 2.12 bits per heavy atom. The molecule has 32 heavy (non-hydrogen) atoms. The van der Waals surface area contributed by atoms with Crippen molar-refractivity contribution in [3.8, 4) is 11.5 Å². The first-order chi connectivity index (χ1) is 15.7. The van der Waals surface area contributed by atoms with Crippen LogP contribution in [0.25, 0.3) is 21.8 Å². The number of aromatic nitrogens is 1. The standard InChI is InChI=1S/C28H33NO3/c1-21-11-2-5-17-26(21)31-19-8-6-12-22(30)13-7-9-20-32-27-18-10-16-25-28(27)23-14-3-4-15-24(23)29-25/h2-5,10-11,14-18,22,29-30H,6-9,12-13,19-20H2,1H3. The van der Waals surface area contributed by atoms with Crippen LogP contribution >= 0.6 is 0 Å². The number of H-pyrrole nitrogens is 1. The summed E-state index contributed by atoms with van der Waals surface area (Å²) in [5.74, 6) is 1.88. The van der Waals surface area contributed by atoms with Crippen LogP contribution < -0.4 is 9.47 Å². The van der Waals surface area contributed by atoms with E-state index < -0.39 is 0 Å². The first-order valence-corrected chi connectivity index (χ1v) is 11.7. The van der Waals surface area contributed by atoms with Gasteiger partial charge in [-0.2, -0.15) is 0 Å². The van der Waals surface area contributed by atoms with Crippen molar-refractivity contribution >= 4 is 21.8 Å². The molecule has 0 amide bonds. The van der Waals surface area contributed by atoms with Crippen LogP contribution in [0.3, 0.4) is 0 Å². The molecule has 2 N–H and O–H groups in total. The second-order valence-corrected chi connectivity index (χ2v) is 8.46. The summed E-state index contributed by atoms with van der Waals surface area (Å²) in [6, 6.07) is 22.6. The van der Waals surface area contributed by atoms with Crippen molar-refractivity contribution in [2.45, 2.75) is 51.6 Å². The van der Waals surface area contributed by atoms with E-state index in [4.69, 9.17) is 9.47 Å². The van der Waals surface area contributed by atoms with Crippen LogP contribution in [0.1, 0.15) is 44.1 Å². The normalized spacial score (nSPS) is 12.3. The second kappa shape index (κ2) is 11.1. The van der Waals surface area contributed by atoms with Crippen LogP contribution in [-0.2, 0) is 0 Å². The summed E-state index contributed by atoms with van der Waals surface area (Å²) in [6.07, 6.45) is 5.24. The molecule has 4 heteroatoms. The van der Waals surface area contributed by atoms with Crippen molar-refractivity contribution in [3.63, 3.8) is 0 Å². The molecule has 4 aromatic rings. The monoisotopic (exact) mass is 431 g/mol. The van der Waals surface area contributed by atoms with E-state index in [0.717, 1.165) is 72.0 Å². The molecule has 1 unspecified atom stereocenters. The number of aryl methyl sites for hydroxylation is 1. The predicted molar refractivity (Wildman–Crippen MR) is 132 cm³/mol. The SMILES string of the molecule is Cc1ccccc1OCCCCC(O)CCCCOc1cccc2[nH]c3ccccc3c12. The van der Waals surface area contributed by atoms with Crippen LogP contribution in [0, 0.1) is 6.92 Å². The molecule has 1 aromatic heterocycles. The lowest BCUT2D eigenvalue weighted by Crippen LogP contribution is -2.08. The van der Waals surface area contributed by atoms with Gasteiger partial charge in [0.2, 0.25) is 0 Å². The molecular weight excluding hydrogens is 398 g/mol. The molecule has 0 spiro atoms. The van der Waals surface area contributed by atoms with Gasteiger partial charge in [-0.05, 0) is 75.3 Å². The minimum atomic E-state index is -0.245. The number of hydrogen-bond acceptors (Lipinski definition) is 3. The van der Waals surface area contributed by atoms with Gasteiger partial charge in [-0.25, -0.2) is 0 Å². The summed E-state index contributed by atoms with van der Waals surface area (Å²) in [5, 5.41) is 12.6. The fourth-order valence-electron chi connectivity index (χ4n) is 4.18. The number of aromatic amines is 1. The maximum atomic E-state index is 10.3. The van der Waals surface area contributed by atoms with Gasteiger partial charge in [-0.3, -0.25) is 0 Å². The summed E-state index contributed by atoms with van der Waals surface area (Å²) >= 11 is 0. The molecule has 3 aromatic carbocycles. The number of fused-ring (bicyclic) bond motifs is 3. The topological polar surface area (TPSA) is 54.5 Å². The van der Waals surface area contributed by atoms with Crippen LogP contribution in [0.15, 0.2) is 66.7 Å². The predicted octanol–water partition coefficient (Wildman–Crippen LogP) is 6.79. The lowest BCUT2D eigenvalue weighted by atomic mass is 10.1. The Labute approximate surface area is 190 Å². The molecule has 0 saturated carbocycles. The van der Waals surface area contributed by atoms with Crippen molar-refractivity contribution in [1.82, 2.24) is 4.98 Å². The minimum absolute atomic E-state index is 0.245. The zero-order valence-electron chi connectivity index (χ0n) is 18.8. The van der Waals surface area contributed by atoms with Gasteiger partial charge >= 0.3 is 0 Å². The first-order valence-electron chi connectivity index (χ1n) is 11.7. The number of benzene rings is 3. The smallest absolute Gasteiger partial charge is 0.129 e. The van der Waals surface area contributed by atoms with Gasteiger partial charge in [0, 0.05) is 16.3 Å². The maximum Gasteiger partial charge on any atom is 0.129 e. The van der Waals surface area contributed by atoms with E-state index in [1.807, 2.05) is 36.4 Å². The Balaban J connectivity index is 1.13. The summed E-state index contributed by atoms with van der Waals surface area (Å²) in [7, 11) is 0. The third kappa shape index (κ3) is 5.63. The third-order valence-corrected chi connectivity index (χ3v) is 5.96. The average Bonchev–Trinajstić information content (AvgIpc) is 3.19. The Hall–Kier alpha value is -2.98. The molecule has 0 aliphatic rings. The number of para-hydroxylation sites is 2. The molecule has 0 aliphatic carbocycles. The van der Waals surface area contributed by atoms with E-state index in [1.54, 1.807) is 0 Å². The maximum absolute atomic E-state index is 10.3. The number of aliphatic hydroxyl groups excluding tert-OH is 1. The third-order valence-electron chi connectivity index (χ3n) is 5.96. The van der Waals surface area contributed by atoms with Crippen molar-refractivity contribution in [1.29, 1.82) is 0 Å². The van der Waals surface area contributed by atoms with E-state index in [-0.39, 0.29) is 6.10 Å². The molecule has 0 saturated heterocycles.